The molecule has 2 aromatic heterocycles. The van der Waals surface area contributed by atoms with Crippen LogP contribution in [-0.4, -0.2) is 17.6 Å². The zero-order chi connectivity index (χ0) is 18.2. The van der Waals surface area contributed by atoms with Gasteiger partial charge in [0.2, 0.25) is 5.91 Å². The average molecular weight is 388 g/mol. The summed E-state index contributed by atoms with van der Waals surface area (Å²) in [4.78, 5) is 14.5. The molecule has 26 heavy (non-hydrogen) atoms. The minimum Gasteiger partial charge on any atom is -0.377 e. The number of carbonyl (C=O) groups is 1. The standard InChI is InChI=1S/C20H18FNO2S2/c21-15-7-5-14(6-8-15)19(9-10-19)18(23)22-13-20(24,16-3-1-11-25-16)17-4-2-12-26-17/h1-8,11-12,24H,9-10,13H2,(H,22,23). The van der Waals surface area contributed by atoms with Gasteiger partial charge in [-0.15, -0.1) is 22.7 Å². The van der Waals surface area contributed by atoms with Crippen molar-refractivity contribution in [2.45, 2.75) is 23.9 Å². The third-order valence-electron chi connectivity index (χ3n) is 4.94. The first-order valence-corrected chi connectivity index (χ1v) is 10.2. The molecule has 0 spiro atoms. The minimum absolute atomic E-state index is 0.107. The average Bonchev–Trinajstić information content (AvgIpc) is 3.08. The molecule has 1 aliphatic rings. The Balaban J connectivity index is 1.55. The molecule has 0 radical (unpaired) electrons. The van der Waals surface area contributed by atoms with Crippen molar-refractivity contribution < 1.29 is 14.3 Å². The first-order valence-electron chi connectivity index (χ1n) is 8.39. The van der Waals surface area contributed by atoms with Crippen LogP contribution in [0.5, 0.6) is 0 Å². The SMILES string of the molecule is O=C(NCC(O)(c1cccs1)c1cccs1)C1(c2ccc(F)cc2)CC1. The molecule has 1 aliphatic carbocycles. The topological polar surface area (TPSA) is 49.3 Å². The van der Waals surface area contributed by atoms with Crippen LogP contribution >= 0.6 is 22.7 Å². The first-order chi connectivity index (χ1) is 12.5. The Labute approximate surface area is 159 Å². The summed E-state index contributed by atoms with van der Waals surface area (Å²) in [5.74, 6) is -0.426. The van der Waals surface area contributed by atoms with Crippen LogP contribution < -0.4 is 5.32 Å². The Kier molecular flexibility index (Phi) is 4.42. The Hall–Kier alpha value is -2.02. The summed E-state index contributed by atoms with van der Waals surface area (Å²) in [5, 5.41) is 18.1. The van der Waals surface area contributed by atoms with Crippen molar-refractivity contribution in [2.75, 3.05) is 6.54 Å². The number of aliphatic hydroxyl groups is 1. The van der Waals surface area contributed by atoms with E-state index < -0.39 is 11.0 Å². The second kappa shape index (κ2) is 6.61. The zero-order valence-corrected chi connectivity index (χ0v) is 15.6. The maximum Gasteiger partial charge on any atom is 0.230 e. The van der Waals surface area contributed by atoms with Crippen molar-refractivity contribution in [1.29, 1.82) is 0 Å². The van der Waals surface area contributed by atoms with Crippen LogP contribution in [0.15, 0.2) is 59.3 Å². The maximum atomic E-state index is 13.2. The number of thiophene rings is 2. The van der Waals surface area contributed by atoms with Gasteiger partial charge in [0.25, 0.3) is 0 Å². The van der Waals surface area contributed by atoms with E-state index in [1.807, 2.05) is 35.0 Å². The molecule has 2 heterocycles. The third-order valence-corrected chi connectivity index (χ3v) is 6.99. The van der Waals surface area contributed by atoms with E-state index in [4.69, 9.17) is 0 Å². The van der Waals surface area contributed by atoms with Gasteiger partial charge in [-0.05, 0) is 53.4 Å². The normalized spacial score (nSPS) is 15.6. The van der Waals surface area contributed by atoms with Gasteiger partial charge in [0.15, 0.2) is 0 Å². The van der Waals surface area contributed by atoms with Gasteiger partial charge in [-0.1, -0.05) is 24.3 Å². The van der Waals surface area contributed by atoms with Gasteiger partial charge in [0.1, 0.15) is 11.4 Å². The van der Waals surface area contributed by atoms with E-state index in [1.165, 1.54) is 34.8 Å². The Morgan fingerprint density at radius 1 is 1.08 bits per heavy atom. The van der Waals surface area contributed by atoms with E-state index in [0.29, 0.717) is 0 Å². The minimum atomic E-state index is -1.24. The van der Waals surface area contributed by atoms with E-state index >= 15 is 0 Å². The predicted molar refractivity (Wildman–Crippen MR) is 102 cm³/mol. The highest BCUT2D eigenvalue weighted by atomic mass is 32.1. The molecule has 1 amide bonds. The number of carbonyl (C=O) groups excluding carboxylic acids is 1. The number of rotatable bonds is 6. The lowest BCUT2D eigenvalue weighted by Gasteiger charge is -2.27. The van der Waals surface area contributed by atoms with Crippen molar-refractivity contribution in [2.24, 2.45) is 0 Å². The fourth-order valence-electron chi connectivity index (χ4n) is 3.24. The molecular formula is C20H18FNO2S2. The second-order valence-electron chi connectivity index (χ2n) is 6.59. The largest absolute Gasteiger partial charge is 0.377 e. The van der Waals surface area contributed by atoms with Crippen LogP contribution in [0.1, 0.15) is 28.2 Å². The van der Waals surface area contributed by atoms with Crippen molar-refractivity contribution in [3.05, 3.63) is 80.4 Å². The molecule has 0 bridgehead atoms. The van der Waals surface area contributed by atoms with E-state index in [0.717, 1.165) is 28.2 Å². The number of amides is 1. The Morgan fingerprint density at radius 2 is 1.65 bits per heavy atom. The molecule has 0 aliphatic heterocycles. The molecule has 0 saturated heterocycles. The van der Waals surface area contributed by atoms with Gasteiger partial charge in [-0.25, -0.2) is 4.39 Å². The Bertz CT molecular complexity index is 850. The van der Waals surface area contributed by atoms with Gasteiger partial charge in [0, 0.05) is 9.75 Å². The molecule has 0 unspecified atom stereocenters. The smallest absolute Gasteiger partial charge is 0.230 e. The van der Waals surface area contributed by atoms with Crippen LogP contribution in [-0.2, 0) is 15.8 Å². The van der Waals surface area contributed by atoms with Gasteiger partial charge in [-0.3, -0.25) is 4.79 Å². The van der Waals surface area contributed by atoms with E-state index in [-0.39, 0.29) is 18.3 Å². The number of hydrogen-bond acceptors (Lipinski definition) is 4. The molecule has 3 aromatic rings. The van der Waals surface area contributed by atoms with Crippen LogP contribution in [0.2, 0.25) is 0 Å². The summed E-state index contributed by atoms with van der Waals surface area (Å²) in [6.07, 6.45) is 1.47. The highest BCUT2D eigenvalue weighted by Crippen LogP contribution is 2.48. The summed E-state index contributed by atoms with van der Waals surface area (Å²) in [7, 11) is 0. The summed E-state index contributed by atoms with van der Waals surface area (Å²) in [6.45, 7) is 0.107. The molecule has 0 atom stereocenters. The van der Waals surface area contributed by atoms with Crippen LogP contribution in [0.4, 0.5) is 4.39 Å². The number of hydrogen-bond donors (Lipinski definition) is 2. The summed E-state index contributed by atoms with van der Waals surface area (Å²) >= 11 is 2.93. The summed E-state index contributed by atoms with van der Waals surface area (Å²) in [5.41, 5.74) is -1.01. The number of nitrogens with one attached hydrogen (secondary N) is 1. The van der Waals surface area contributed by atoms with E-state index in [2.05, 4.69) is 5.32 Å². The molecule has 3 nitrogen and oxygen atoms in total. The summed E-state index contributed by atoms with van der Waals surface area (Å²) in [6, 6.07) is 13.7. The number of halogens is 1. The second-order valence-corrected chi connectivity index (χ2v) is 8.48. The summed E-state index contributed by atoms with van der Waals surface area (Å²) < 4.78 is 13.2. The van der Waals surface area contributed by atoms with Crippen molar-refractivity contribution in [3.63, 3.8) is 0 Å². The van der Waals surface area contributed by atoms with Gasteiger partial charge >= 0.3 is 0 Å². The lowest BCUT2D eigenvalue weighted by molar-refractivity contribution is -0.124. The van der Waals surface area contributed by atoms with Gasteiger partial charge in [-0.2, -0.15) is 0 Å². The molecule has 134 valence electrons. The fraction of sp³-hybridized carbons (Fsp3) is 0.250. The fourth-order valence-corrected chi connectivity index (χ4v) is 4.98. The Morgan fingerprint density at radius 3 is 2.12 bits per heavy atom. The monoisotopic (exact) mass is 387 g/mol. The first kappa shape index (κ1) is 17.4. The molecular weight excluding hydrogens is 369 g/mol. The quantitative estimate of drug-likeness (QED) is 0.671. The van der Waals surface area contributed by atoms with Gasteiger partial charge in [0.05, 0.1) is 12.0 Å². The molecule has 1 saturated carbocycles. The van der Waals surface area contributed by atoms with E-state index in [9.17, 15) is 14.3 Å². The molecule has 1 aromatic carbocycles. The lowest BCUT2D eigenvalue weighted by Crippen LogP contribution is -2.44. The van der Waals surface area contributed by atoms with E-state index in [1.54, 1.807) is 12.1 Å². The molecule has 6 heteroatoms. The van der Waals surface area contributed by atoms with Crippen molar-refractivity contribution >= 4 is 28.6 Å². The third kappa shape index (κ3) is 2.98. The van der Waals surface area contributed by atoms with Crippen molar-refractivity contribution in [3.8, 4) is 0 Å². The predicted octanol–water partition coefficient (Wildman–Crippen LogP) is 4.03. The molecule has 4 rings (SSSR count). The van der Waals surface area contributed by atoms with Crippen molar-refractivity contribution in [1.82, 2.24) is 5.32 Å². The lowest BCUT2D eigenvalue weighted by atomic mass is 9.94. The van der Waals surface area contributed by atoms with Gasteiger partial charge < -0.3 is 10.4 Å². The molecule has 1 fully saturated rings. The zero-order valence-electron chi connectivity index (χ0n) is 13.9. The molecule has 2 N–H and O–H groups in total. The van der Waals surface area contributed by atoms with Crippen LogP contribution in [0.3, 0.4) is 0 Å². The highest BCUT2D eigenvalue weighted by Gasteiger charge is 2.51. The number of benzene rings is 1. The highest BCUT2D eigenvalue weighted by molar-refractivity contribution is 7.11. The van der Waals surface area contributed by atoms with Crippen LogP contribution in [0, 0.1) is 5.82 Å². The maximum absolute atomic E-state index is 13.2. The van der Waals surface area contributed by atoms with Crippen LogP contribution in [0.25, 0.3) is 0 Å².